The Morgan fingerprint density at radius 1 is 0.927 bits per heavy atom. The Morgan fingerprint density at radius 2 is 1.63 bits per heavy atom. The van der Waals surface area contributed by atoms with E-state index in [2.05, 4.69) is 20.5 Å². The summed E-state index contributed by atoms with van der Waals surface area (Å²) in [5.41, 5.74) is -2.98. The van der Waals surface area contributed by atoms with E-state index in [9.17, 15) is 35.5 Å². The molecule has 16 heteroatoms. The molecular weight excluding hydrogens is 604 g/mol. The van der Waals surface area contributed by atoms with Crippen LogP contribution in [-0.4, -0.2) is 36.5 Å². The summed E-state index contributed by atoms with van der Waals surface area (Å²) >= 11 is 12.1. The van der Waals surface area contributed by atoms with Crippen LogP contribution in [0.25, 0.3) is 16.9 Å². The first-order valence-electron chi connectivity index (χ1n) is 11.3. The Kier molecular flexibility index (Phi) is 7.15. The van der Waals surface area contributed by atoms with E-state index in [1.54, 1.807) is 0 Å². The highest BCUT2D eigenvalue weighted by Gasteiger charge is 2.60. The summed E-state index contributed by atoms with van der Waals surface area (Å²) in [5, 5.41) is 9.95. The van der Waals surface area contributed by atoms with Gasteiger partial charge >= 0.3 is 12.1 Å². The van der Waals surface area contributed by atoms with Crippen LogP contribution in [-0.2, 0) is 12.5 Å². The number of rotatable bonds is 6. The van der Waals surface area contributed by atoms with Crippen LogP contribution < -0.4 is 5.32 Å². The molecule has 3 aromatic heterocycles. The maximum Gasteiger partial charge on any atom is 0.459 e. The molecule has 2 aromatic carbocycles. The predicted molar refractivity (Wildman–Crippen MR) is 134 cm³/mol. The molecule has 0 aliphatic carbocycles. The number of anilines is 1. The van der Waals surface area contributed by atoms with Crippen molar-refractivity contribution in [2.75, 3.05) is 5.32 Å². The summed E-state index contributed by atoms with van der Waals surface area (Å²) in [5.74, 6) is -7.99. The van der Waals surface area contributed by atoms with Crippen LogP contribution in [0.3, 0.4) is 0 Å². The third-order valence-electron chi connectivity index (χ3n) is 5.81. The average Bonchev–Trinajstić information content (AvgIpc) is 3.48. The second kappa shape index (κ2) is 10.3. The Bertz CT molecular complexity index is 1760. The summed E-state index contributed by atoms with van der Waals surface area (Å²) < 4.78 is 98.0. The van der Waals surface area contributed by atoms with Gasteiger partial charge in [-0.15, -0.1) is 0 Å². The molecule has 0 saturated heterocycles. The fourth-order valence-corrected chi connectivity index (χ4v) is 4.22. The van der Waals surface area contributed by atoms with E-state index in [1.165, 1.54) is 29.1 Å². The summed E-state index contributed by atoms with van der Waals surface area (Å²) in [4.78, 5) is 16.9. The Labute approximate surface area is 235 Å². The van der Waals surface area contributed by atoms with Crippen molar-refractivity contribution < 1.29 is 35.5 Å². The molecule has 0 saturated carbocycles. The van der Waals surface area contributed by atoms with Crippen molar-refractivity contribution in [3.05, 3.63) is 99.4 Å². The molecule has 0 fully saturated rings. The van der Waals surface area contributed by atoms with Crippen LogP contribution in [0.2, 0.25) is 10.0 Å². The van der Waals surface area contributed by atoms with E-state index in [4.69, 9.17) is 23.2 Å². The van der Waals surface area contributed by atoms with Gasteiger partial charge in [0.25, 0.3) is 5.91 Å². The second-order valence-electron chi connectivity index (χ2n) is 8.58. The zero-order valence-electron chi connectivity index (χ0n) is 20.0. The summed E-state index contributed by atoms with van der Waals surface area (Å²) in [6.45, 7) is -0.165. The first-order chi connectivity index (χ1) is 19.2. The number of carbonyl (C=O) groups excluding carboxylic acids is 1. The topological polar surface area (TPSA) is 77.1 Å². The van der Waals surface area contributed by atoms with Gasteiger partial charge in [-0.05, 0) is 42.5 Å². The van der Waals surface area contributed by atoms with Gasteiger partial charge < -0.3 is 5.32 Å². The molecule has 0 aliphatic heterocycles. The minimum atomic E-state index is -6.02. The lowest BCUT2D eigenvalue weighted by Crippen LogP contribution is -2.36. The lowest BCUT2D eigenvalue weighted by Gasteiger charge is -2.21. The zero-order valence-corrected chi connectivity index (χ0v) is 21.5. The maximum absolute atomic E-state index is 14.6. The monoisotopic (exact) mass is 616 g/mol. The molecule has 0 spiro atoms. The molecule has 212 valence electrons. The zero-order chi connectivity index (χ0) is 29.7. The fraction of sp³-hybridized carbons (Fsp3) is 0.120. The molecule has 0 bridgehead atoms. The van der Waals surface area contributed by atoms with Crippen molar-refractivity contribution >= 4 is 40.6 Å². The maximum atomic E-state index is 14.6. The van der Waals surface area contributed by atoms with Crippen molar-refractivity contribution in [1.82, 2.24) is 24.4 Å². The lowest BCUT2D eigenvalue weighted by molar-refractivity contribution is -0.291. The molecule has 5 aromatic rings. The first kappa shape index (κ1) is 28.4. The van der Waals surface area contributed by atoms with Crippen LogP contribution in [0.4, 0.5) is 36.6 Å². The van der Waals surface area contributed by atoms with E-state index in [0.717, 1.165) is 30.3 Å². The molecule has 0 aliphatic rings. The van der Waals surface area contributed by atoms with Gasteiger partial charge in [0.15, 0.2) is 17.2 Å². The number of nitrogens with zero attached hydrogens (tertiary/aromatic N) is 5. The van der Waals surface area contributed by atoms with E-state index >= 15 is 0 Å². The highest BCUT2D eigenvalue weighted by molar-refractivity contribution is 6.33. The lowest BCUT2D eigenvalue weighted by atomic mass is 10.1. The summed E-state index contributed by atoms with van der Waals surface area (Å²) in [6, 6.07) is 9.61. The molecule has 0 unspecified atom stereocenters. The molecule has 0 radical (unpaired) electrons. The van der Waals surface area contributed by atoms with Crippen LogP contribution in [0.5, 0.6) is 0 Å². The number of hydrogen-bond donors (Lipinski definition) is 1. The van der Waals surface area contributed by atoms with Gasteiger partial charge in [0.2, 0.25) is 0 Å². The molecule has 1 amide bonds. The van der Waals surface area contributed by atoms with E-state index < -0.39 is 46.7 Å². The van der Waals surface area contributed by atoms with Crippen LogP contribution in [0.1, 0.15) is 21.7 Å². The molecule has 1 N–H and O–H groups in total. The van der Waals surface area contributed by atoms with Gasteiger partial charge in [-0.25, -0.2) is 18.3 Å². The smallest absolute Gasteiger partial charge is 0.302 e. The van der Waals surface area contributed by atoms with E-state index in [0.29, 0.717) is 6.07 Å². The summed E-state index contributed by atoms with van der Waals surface area (Å²) in [6.07, 6.45) is -4.76. The molecule has 3 heterocycles. The number of carbonyl (C=O) groups is 1. The number of alkyl halides is 5. The van der Waals surface area contributed by atoms with Crippen molar-refractivity contribution in [3.8, 4) is 11.3 Å². The molecular formula is C25H13Cl2F7N6O. The number of nitrogens with one attached hydrogen (secondary N) is 1. The molecule has 0 atom stereocenters. The number of hydrogen-bond acceptors (Lipinski definition) is 4. The Hall–Kier alpha value is -4.17. The number of halogens is 9. The number of benzene rings is 2. The highest BCUT2D eigenvalue weighted by atomic mass is 35.5. The predicted octanol–water partition coefficient (Wildman–Crippen LogP) is 7.13. The SMILES string of the molecule is O=C(Nc1nn(Cc2c(F)cccc2Cl)cc1Cl)c1cc2nc(-c3ccc(F)cc3)cc(C(F)(F)C(F)(F)F)n2n1. The normalized spacial score (nSPS) is 12.2. The minimum Gasteiger partial charge on any atom is -0.302 e. The van der Waals surface area contributed by atoms with Crippen molar-refractivity contribution in [3.63, 3.8) is 0 Å². The number of amides is 1. The molecule has 41 heavy (non-hydrogen) atoms. The number of fused-ring (bicyclic) bond motifs is 1. The van der Waals surface area contributed by atoms with Crippen molar-refractivity contribution in [2.45, 2.75) is 18.6 Å². The second-order valence-corrected chi connectivity index (χ2v) is 9.40. The standard InChI is InChI=1S/C25H13Cl2F7N6O/c26-15-2-1-3-17(29)14(15)10-39-11-16(27)22(38-39)36-23(41)19-9-21-35-18(12-4-6-13(28)7-5-12)8-20(40(21)37-19)24(30,31)25(32,33)34/h1-9,11H,10H2,(H,36,38,41). The van der Waals surface area contributed by atoms with Crippen molar-refractivity contribution in [2.24, 2.45) is 0 Å². The first-order valence-corrected chi connectivity index (χ1v) is 12.1. The summed E-state index contributed by atoms with van der Waals surface area (Å²) in [7, 11) is 0. The third-order valence-corrected chi connectivity index (χ3v) is 6.44. The van der Waals surface area contributed by atoms with E-state index in [1.807, 2.05) is 0 Å². The van der Waals surface area contributed by atoms with Crippen LogP contribution >= 0.6 is 23.2 Å². The van der Waals surface area contributed by atoms with E-state index in [-0.39, 0.29) is 43.7 Å². The van der Waals surface area contributed by atoms with Crippen LogP contribution in [0.15, 0.2) is 60.8 Å². The Balaban J connectivity index is 1.51. The van der Waals surface area contributed by atoms with Gasteiger partial charge in [-0.2, -0.15) is 32.1 Å². The molecule has 7 nitrogen and oxygen atoms in total. The average molecular weight is 617 g/mol. The van der Waals surface area contributed by atoms with Crippen LogP contribution in [0, 0.1) is 11.6 Å². The quantitative estimate of drug-likeness (QED) is 0.206. The van der Waals surface area contributed by atoms with Gasteiger partial charge in [0.05, 0.1) is 12.2 Å². The minimum absolute atomic E-state index is 0.0348. The van der Waals surface area contributed by atoms with Gasteiger partial charge in [0, 0.05) is 28.4 Å². The Morgan fingerprint density at radius 3 is 2.29 bits per heavy atom. The third kappa shape index (κ3) is 5.44. The highest BCUT2D eigenvalue weighted by Crippen LogP contribution is 2.44. The van der Waals surface area contributed by atoms with Crippen molar-refractivity contribution in [1.29, 1.82) is 0 Å². The van der Waals surface area contributed by atoms with Gasteiger partial charge in [0.1, 0.15) is 22.4 Å². The van der Waals surface area contributed by atoms with Gasteiger partial charge in [-0.3, -0.25) is 9.48 Å². The number of aromatic nitrogens is 5. The van der Waals surface area contributed by atoms with Gasteiger partial charge in [-0.1, -0.05) is 29.3 Å². The molecule has 5 rings (SSSR count). The fourth-order valence-electron chi connectivity index (χ4n) is 3.80. The largest absolute Gasteiger partial charge is 0.459 e.